The zero-order chi connectivity index (χ0) is 20.1. The van der Waals surface area contributed by atoms with Crippen LogP contribution in [0.25, 0.3) is 5.69 Å². The summed E-state index contributed by atoms with van der Waals surface area (Å²) in [5.41, 5.74) is 2.76. The van der Waals surface area contributed by atoms with Gasteiger partial charge in [-0.2, -0.15) is 9.90 Å². The molecule has 0 saturated carbocycles. The summed E-state index contributed by atoms with van der Waals surface area (Å²) in [6, 6.07) is 15.0. The lowest BCUT2D eigenvalue weighted by Gasteiger charge is -2.24. The molecule has 1 atom stereocenters. The van der Waals surface area contributed by atoms with Gasteiger partial charge in [-0.25, -0.2) is 0 Å². The largest absolute Gasteiger partial charge is 0.494 e. The van der Waals surface area contributed by atoms with Gasteiger partial charge in [0.15, 0.2) is 5.69 Å². The summed E-state index contributed by atoms with van der Waals surface area (Å²) in [6.45, 7) is 4.91. The summed E-state index contributed by atoms with van der Waals surface area (Å²) in [5, 5.41) is 14.6. The van der Waals surface area contributed by atoms with Crippen LogP contribution in [0.4, 0.5) is 5.69 Å². The highest BCUT2D eigenvalue weighted by atomic mass is 35.5. The van der Waals surface area contributed by atoms with E-state index in [2.05, 4.69) is 20.8 Å². The molecule has 2 N–H and O–H groups in total. The summed E-state index contributed by atoms with van der Waals surface area (Å²) in [5.74, 6) is 0.463. The second-order valence-corrected chi connectivity index (χ2v) is 6.59. The second-order valence-electron chi connectivity index (χ2n) is 6.59. The predicted octanol–water partition coefficient (Wildman–Crippen LogP) is 3.00. The fourth-order valence-corrected chi connectivity index (χ4v) is 3.09. The van der Waals surface area contributed by atoms with E-state index in [1.807, 2.05) is 55.5 Å². The molecule has 1 aromatic heterocycles. The Morgan fingerprint density at radius 2 is 2.00 bits per heavy atom. The van der Waals surface area contributed by atoms with Gasteiger partial charge >= 0.3 is 0 Å². The molecule has 4 rings (SSSR count). The average Bonchev–Trinajstić information content (AvgIpc) is 3.26. The molecule has 1 fully saturated rings. The van der Waals surface area contributed by atoms with Crippen LogP contribution in [0.5, 0.6) is 5.75 Å². The summed E-state index contributed by atoms with van der Waals surface area (Å²) >= 11 is 0. The summed E-state index contributed by atoms with van der Waals surface area (Å²) < 4.78 is 11.2. The van der Waals surface area contributed by atoms with Gasteiger partial charge in [0.2, 0.25) is 0 Å². The summed E-state index contributed by atoms with van der Waals surface area (Å²) in [7, 11) is 0. The quantitative estimate of drug-likeness (QED) is 0.626. The number of anilines is 1. The van der Waals surface area contributed by atoms with Gasteiger partial charge in [-0.05, 0) is 48.9 Å². The Bertz CT molecular complexity index is 954. The minimum Gasteiger partial charge on any atom is -0.494 e. The Balaban J connectivity index is 0.00000256. The molecule has 0 bridgehead atoms. The summed E-state index contributed by atoms with van der Waals surface area (Å²) in [4.78, 5) is 13.9. The van der Waals surface area contributed by atoms with Crippen LogP contribution in [0.1, 0.15) is 29.1 Å². The first kappa shape index (κ1) is 21.8. The maximum absolute atomic E-state index is 12.5. The van der Waals surface area contributed by atoms with Crippen LogP contribution in [0.3, 0.4) is 0 Å². The van der Waals surface area contributed by atoms with Gasteiger partial charge in [0.05, 0.1) is 31.2 Å². The lowest BCUT2D eigenvalue weighted by molar-refractivity contribution is 0.0277. The number of nitrogens with one attached hydrogen (secondary N) is 2. The molecule has 30 heavy (non-hydrogen) atoms. The number of nitrogens with zero attached hydrogens (tertiary/aromatic N) is 3. The topological polar surface area (TPSA) is 90.3 Å². The van der Waals surface area contributed by atoms with Crippen molar-refractivity contribution in [2.45, 2.75) is 13.0 Å². The number of carbonyl (C=O) groups is 1. The van der Waals surface area contributed by atoms with E-state index in [-0.39, 0.29) is 30.1 Å². The minimum atomic E-state index is -0.314. The lowest BCUT2D eigenvalue weighted by atomic mass is 10.1. The molecule has 0 unspecified atom stereocenters. The van der Waals surface area contributed by atoms with E-state index in [9.17, 15) is 4.79 Å². The Morgan fingerprint density at radius 3 is 2.67 bits per heavy atom. The van der Waals surface area contributed by atoms with Crippen molar-refractivity contribution in [2.24, 2.45) is 0 Å². The second kappa shape index (κ2) is 10.2. The highest BCUT2D eigenvalue weighted by Gasteiger charge is 2.16. The van der Waals surface area contributed by atoms with E-state index < -0.39 is 0 Å². The van der Waals surface area contributed by atoms with Crippen molar-refractivity contribution in [1.82, 2.24) is 20.3 Å². The van der Waals surface area contributed by atoms with Crippen LogP contribution >= 0.6 is 12.4 Å². The highest BCUT2D eigenvalue weighted by molar-refractivity contribution is 6.02. The SMILES string of the molecule is CCOc1ccc(-n2ncc(C(=O)Nc3ccc([C@H]4CNCCO4)cc3)n2)cc1.Cl. The van der Waals surface area contributed by atoms with Gasteiger partial charge in [-0.3, -0.25) is 4.79 Å². The van der Waals surface area contributed by atoms with E-state index in [0.29, 0.717) is 18.9 Å². The molecule has 0 aliphatic carbocycles. The number of morpholine rings is 1. The summed E-state index contributed by atoms with van der Waals surface area (Å²) in [6.07, 6.45) is 1.49. The van der Waals surface area contributed by atoms with Gasteiger partial charge in [0.25, 0.3) is 5.91 Å². The van der Waals surface area contributed by atoms with Crippen molar-refractivity contribution in [2.75, 3.05) is 31.6 Å². The van der Waals surface area contributed by atoms with Crippen LogP contribution < -0.4 is 15.4 Å². The molecule has 8 nitrogen and oxygen atoms in total. The van der Waals surface area contributed by atoms with Crippen molar-refractivity contribution < 1.29 is 14.3 Å². The Hall–Kier alpha value is -2.94. The molecule has 1 amide bonds. The van der Waals surface area contributed by atoms with Gasteiger partial charge < -0.3 is 20.1 Å². The van der Waals surface area contributed by atoms with Crippen molar-refractivity contribution in [3.8, 4) is 11.4 Å². The molecule has 1 aliphatic heterocycles. The van der Waals surface area contributed by atoms with E-state index >= 15 is 0 Å². The van der Waals surface area contributed by atoms with E-state index in [4.69, 9.17) is 9.47 Å². The number of amides is 1. The Labute approximate surface area is 181 Å². The fraction of sp³-hybridized carbons (Fsp3) is 0.286. The molecule has 9 heteroatoms. The van der Waals surface area contributed by atoms with Gasteiger partial charge in [-0.1, -0.05) is 12.1 Å². The molecular formula is C21H24ClN5O3. The number of hydrogen-bond acceptors (Lipinski definition) is 6. The Morgan fingerprint density at radius 1 is 1.23 bits per heavy atom. The number of halogens is 1. The third kappa shape index (κ3) is 5.15. The molecular weight excluding hydrogens is 406 g/mol. The predicted molar refractivity (Wildman–Crippen MR) is 116 cm³/mol. The normalized spacial score (nSPS) is 15.8. The number of aromatic nitrogens is 3. The van der Waals surface area contributed by atoms with Gasteiger partial charge in [0, 0.05) is 18.8 Å². The van der Waals surface area contributed by atoms with Crippen LogP contribution in [-0.4, -0.2) is 47.2 Å². The van der Waals surface area contributed by atoms with Crippen LogP contribution in [0.2, 0.25) is 0 Å². The molecule has 158 valence electrons. The maximum Gasteiger partial charge on any atom is 0.277 e. The fourth-order valence-electron chi connectivity index (χ4n) is 3.09. The van der Waals surface area contributed by atoms with Gasteiger partial charge in [-0.15, -0.1) is 17.5 Å². The third-order valence-corrected chi connectivity index (χ3v) is 4.57. The van der Waals surface area contributed by atoms with Crippen molar-refractivity contribution in [3.05, 3.63) is 66.0 Å². The van der Waals surface area contributed by atoms with Crippen molar-refractivity contribution in [1.29, 1.82) is 0 Å². The van der Waals surface area contributed by atoms with Crippen molar-refractivity contribution >= 4 is 24.0 Å². The van der Waals surface area contributed by atoms with Crippen LogP contribution in [-0.2, 0) is 4.74 Å². The number of hydrogen-bond donors (Lipinski definition) is 2. The molecule has 1 saturated heterocycles. The zero-order valence-electron chi connectivity index (χ0n) is 16.6. The molecule has 0 radical (unpaired) electrons. The first-order valence-electron chi connectivity index (χ1n) is 9.62. The van der Waals surface area contributed by atoms with Gasteiger partial charge in [0.1, 0.15) is 5.75 Å². The smallest absolute Gasteiger partial charge is 0.277 e. The van der Waals surface area contributed by atoms with Crippen molar-refractivity contribution in [3.63, 3.8) is 0 Å². The zero-order valence-corrected chi connectivity index (χ0v) is 17.4. The first-order chi connectivity index (χ1) is 14.2. The molecule has 2 aromatic carbocycles. The van der Waals surface area contributed by atoms with Crippen LogP contribution in [0.15, 0.2) is 54.7 Å². The molecule has 0 spiro atoms. The first-order valence-corrected chi connectivity index (χ1v) is 9.62. The average molecular weight is 430 g/mol. The minimum absolute atomic E-state index is 0. The molecule has 3 aromatic rings. The lowest BCUT2D eigenvalue weighted by Crippen LogP contribution is -2.33. The molecule has 1 aliphatic rings. The Kier molecular flexibility index (Phi) is 7.40. The molecule has 2 heterocycles. The number of rotatable bonds is 6. The van der Waals surface area contributed by atoms with E-state index in [1.54, 1.807) is 0 Å². The van der Waals surface area contributed by atoms with Crippen LogP contribution in [0, 0.1) is 0 Å². The maximum atomic E-state index is 12.5. The standard InChI is InChI=1S/C21H23N5O3.ClH/c1-2-28-18-9-7-17(8-10-18)26-23-13-19(25-26)21(27)24-16-5-3-15(4-6-16)20-14-22-11-12-29-20;/h3-10,13,20,22H,2,11-12,14H2,1H3,(H,24,27);1H/t20-;/m1./s1. The highest BCUT2D eigenvalue weighted by Crippen LogP contribution is 2.21. The number of ether oxygens (including phenoxy) is 2. The third-order valence-electron chi connectivity index (χ3n) is 4.57. The monoisotopic (exact) mass is 429 g/mol. The van der Waals surface area contributed by atoms with E-state index in [1.165, 1.54) is 11.0 Å². The number of benzene rings is 2. The van der Waals surface area contributed by atoms with E-state index in [0.717, 1.165) is 30.1 Å². The number of carbonyl (C=O) groups excluding carboxylic acids is 1.